The summed E-state index contributed by atoms with van der Waals surface area (Å²) in [7, 11) is 1.68. The summed E-state index contributed by atoms with van der Waals surface area (Å²) in [5.74, 6) is -0.171. The molecule has 1 N–H and O–H groups in total. The van der Waals surface area contributed by atoms with Gasteiger partial charge in [-0.05, 0) is 29.8 Å². The molecular weight excluding hydrogens is 297 g/mol. The van der Waals surface area contributed by atoms with Gasteiger partial charge in [0, 0.05) is 24.6 Å². The molecule has 0 fully saturated rings. The van der Waals surface area contributed by atoms with Gasteiger partial charge in [0.15, 0.2) is 0 Å². The van der Waals surface area contributed by atoms with Crippen molar-refractivity contribution in [2.45, 2.75) is 12.6 Å². The number of aromatic nitrogens is 2. The highest BCUT2D eigenvalue weighted by Crippen LogP contribution is 2.31. The molecule has 0 radical (unpaired) electrons. The highest BCUT2D eigenvalue weighted by molar-refractivity contribution is 6.01. The summed E-state index contributed by atoms with van der Waals surface area (Å²) in [4.78, 5) is 20.4. The van der Waals surface area contributed by atoms with E-state index >= 15 is 0 Å². The molecule has 3 rings (SSSR count). The molecule has 8 heteroatoms. The number of likely N-dealkylation sites (N-methyl/N-ethyl adjacent to an activating group) is 1. The first-order valence-electron chi connectivity index (χ1n) is 6.41. The molecule has 1 aromatic carbocycles. The first-order chi connectivity index (χ1) is 10.3. The molecule has 0 spiro atoms. The van der Waals surface area contributed by atoms with Crippen LogP contribution in [0, 0.1) is 0 Å². The summed E-state index contributed by atoms with van der Waals surface area (Å²) in [5.41, 5.74) is 1.12. The molecule has 1 amide bonds. The molecule has 0 atom stereocenters. The fourth-order valence-corrected chi connectivity index (χ4v) is 2.25. The van der Waals surface area contributed by atoms with Crippen LogP contribution in [0.3, 0.4) is 0 Å². The Morgan fingerprint density at radius 1 is 1.27 bits per heavy atom. The number of fused-ring (bicyclic) bond motifs is 1. The molecule has 114 valence electrons. The third-order valence-corrected chi connectivity index (χ3v) is 3.36. The number of amides is 1. The van der Waals surface area contributed by atoms with Crippen LogP contribution >= 0.6 is 0 Å². The lowest BCUT2D eigenvalue weighted by Crippen LogP contribution is -2.20. The second kappa shape index (κ2) is 4.97. The number of carbonyl (C=O) groups excluding carboxylic acids is 1. The van der Waals surface area contributed by atoms with Gasteiger partial charge in [0.1, 0.15) is 5.69 Å². The summed E-state index contributed by atoms with van der Waals surface area (Å²) in [6.45, 7) is 0. The molecular formula is C14H11F3N4O. The summed E-state index contributed by atoms with van der Waals surface area (Å²) in [6.07, 6.45) is -3.21. The van der Waals surface area contributed by atoms with Crippen molar-refractivity contribution < 1.29 is 18.0 Å². The zero-order valence-electron chi connectivity index (χ0n) is 11.5. The average Bonchev–Trinajstić information content (AvgIpc) is 2.73. The van der Waals surface area contributed by atoms with E-state index in [9.17, 15) is 18.0 Å². The number of anilines is 3. The number of benzene rings is 1. The number of alkyl halides is 3. The third-order valence-electron chi connectivity index (χ3n) is 3.36. The fourth-order valence-electron chi connectivity index (χ4n) is 2.25. The van der Waals surface area contributed by atoms with Gasteiger partial charge in [0.05, 0.1) is 6.42 Å². The van der Waals surface area contributed by atoms with Gasteiger partial charge in [0.2, 0.25) is 11.9 Å². The van der Waals surface area contributed by atoms with Gasteiger partial charge >= 0.3 is 6.18 Å². The highest BCUT2D eigenvalue weighted by Gasteiger charge is 2.32. The molecule has 1 aliphatic rings. The number of halogens is 3. The van der Waals surface area contributed by atoms with Gasteiger partial charge in [-0.1, -0.05) is 0 Å². The second-order valence-electron chi connectivity index (χ2n) is 4.86. The number of rotatable bonds is 2. The molecule has 0 saturated heterocycles. The predicted molar refractivity (Wildman–Crippen MR) is 73.9 cm³/mol. The molecule has 22 heavy (non-hydrogen) atoms. The van der Waals surface area contributed by atoms with Crippen molar-refractivity contribution in [3.8, 4) is 0 Å². The number of nitrogens with zero attached hydrogens (tertiary/aromatic N) is 3. The van der Waals surface area contributed by atoms with Gasteiger partial charge in [-0.15, -0.1) is 0 Å². The Kier molecular flexibility index (Phi) is 3.23. The Hall–Kier alpha value is -2.64. The van der Waals surface area contributed by atoms with Crippen LogP contribution in [0.2, 0.25) is 0 Å². The van der Waals surface area contributed by atoms with E-state index < -0.39 is 11.9 Å². The summed E-state index contributed by atoms with van der Waals surface area (Å²) < 4.78 is 37.8. The highest BCUT2D eigenvalue weighted by atomic mass is 19.4. The van der Waals surface area contributed by atoms with Crippen LogP contribution in [0.15, 0.2) is 30.5 Å². The lowest BCUT2D eigenvalue weighted by Gasteiger charge is -2.11. The number of carbonyl (C=O) groups is 1. The molecule has 0 unspecified atom stereocenters. The third kappa shape index (κ3) is 2.59. The van der Waals surface area contributed by atoms with Crippen LogP contribution in [-0.2, 0) is 17.4 Å². The number of hydrogen-bond acceptors (Lipinski definition) is 4. The Bertz CT molecular complexity index is 745. The van der Waals surface area contributed by atoms with Gasteiger partial charge < -0.3 is 10.2 Å². The van der Waals surface area contributed by atoms with Crippen LogP contribution in [0.25, 0.3) is 0 Å². The van der Waals surface area contributed by atoms with E-state index in [0.29, 0.717) is 5.69 Å². The van der Waals surface area contributed by atoms with Gasteiger partial charge in [-0.2, -0.15) is 13.2 Å². The number of nitrogens with one attached hydrogen (secondary N) is 1. The second-order valence-corrected chi connectivity index (χ2v) is 4.86. The quantitative estimate of drug-likeness (QED) is 0.927. The van der Waals surface area contributed by atoms with Crippen LogP contribution in [0.1, 0.15) is 11.3 Å². The van der Waals surface area contributed by atoms with Gasteiger partial charge in [-0.25, -0.2) is 9.97 Å². The standard InChI is InChI=1S/C14H11F3N4O/c1-21-10-3-2-9(6-8(10)7-12(21)22)19-13-18-5-4-11(20-13)14(15,16)17/h2-6H,7H2,1H3,(H,18,19,20). The Morgan fingerprint density at radius 2 is 2.05 bits per heavy atom. The Morgan fingerprint density at radius 3 is 2.77 bits per heavy atom. The van der Waals surface area contributed by atoms with Crippen molar-refractivity contribution in [1.82, 2.24) is 9.97 Å². The van der Waals surface area contributed by atoms with Crippen LogP contribution in [-0.4, -0.2) is 22.9 Å². The first-order valence-corrected chi connectivity index (χ1v) is 6.41. The van der Waals surface area contributed by atoms with Crippen molar-refractivity contribution in [3.05, 3.63) is 41.7 Å². The molecule has 1 aromatic heterocycles. The zero-order chi connectivity index (χ0) is 15.9. The van der Waals surface area contributed by atoms with Crippen LogP contribution in [0.4, 0.5) is 30.5 Å². The molecule has 1 aliphatic heterocycles. The molecule has 0 saturated carbocycles. The molecule has 5 nitrogen and oxygen atoms in total. The van der Waals surface area contributed by atoms with Gasteiger partial charge in [-0.3, -0.25) is 4.79 Å². The van der Waals surface area contributed by atoms with Gasteiger partial charge in [0.25, 0.3) is 0 Å². The summed E-state index contributed by atoms with van der Waals surface area (Å²) in [5, 5.41) is 2.72. The van der Waals surface area contributed by atoms with Crippen molar-refractivity contribution >= 4 is 23.2 Å². The van der Waals surface area contributed by atoms with Crippen molar-refractivity contribution in [1.29, 1.82) is 0 Å². The first kappa shape index (κ1) is 14.3. The van der Waals surface area contributed by atoms with Crippen molar-refractivity contribution in [3.63, 3.8) is 0 Å². The van der Waals surface area contributed by atoms with Crippen molar-refractivity contribution in [2.24, 2.45) is 0 Å². The Balaban J connectivity index is 1.86. The predicted octanol–water partition coefficient (Wildman–Crippen LogP) is 2.76. The minimum Gasteiger partial charge on any atom is -0.324 e. The smallest absolute Gasteiger partial charge is 0.324 e. The monoisotopic (exact) mass is 308 g/mol. The maximum Gasteiger partial charge on any atom is 0.433 e. The van der Waals surface area contributed by atoms with E-state index in [1.165, 1.54) is 0 Å². The lowest BCUT2D eigenvalue weighted by molar-refractivity contribution is -0.141. The SMILES string of the molecule is CN1C(=O)Cc2cc(Nc3nccc(C(F)(F)F)n3)ccc21. The van der Waals surface area contributed by atoms with E-state index in [2.05, 4.69) is 15.3 Å². The minimum atomic E-state index is -4.52. The normalized spacial score (nSPS) is 14.2. The largest absolute Gasteiger partial charge is 0.433 e. The average molecular weight is 308 g/mol. The van der Waals surface area contributed by atoms with E-state index in [1.807, 2.05) is 0 Å². The van der Waals surface area contributed by atoms with Crippen molar-refractivity contribution in [2.75, 3.05) is 17.3 Å². The molecule has 2 aromatic rings. The maximum absolute atomic E-state index is 12.6. The minimum absolute atomic E-state index is 0.0255. The molecule has 0 bridgehead atoms. The molecule has 0 aliphatic carbocycles. The lowest BCUT2D eigenvalue weighted by atomic mass is 10.1. The van der Waals surface area contributed by atoms with E-state index in [4.69, 9.17) is 0 Å². The maximum atomic E-state index is 12.6. The zero-order valence-corrected chi connectivity index (χ0v) is 11.5. The summed E-state index contributed by atoms with van der Waals surface area (Å²) >= 11 is 0. The number of hydrogen-bond donors (Lipinski definition) is 1. The molecule has 2 heterocycles. The van der Waals surface area contributed by atoms with Crippen LogP contribution < -0.4 is 10.2 Å². The van der Waals surface area contributed by atoms with E-state index in [0.717, 1.165) is 23.5 Å². The summed E-state index contributed by atoms with van der Waals surface area (Å²) in [6, 6.07) is 5.91. The fraction of sp³-hybridized carbons (Fsp3) is 0.214. The topological polar surface area (TPSA) is 58.1 Å². The van der Waals surface area contributed by atoms with Crippen LogP contribution in [0.5, 0.6) is 0 Å². The van der Waals surface area contributed by atoms with E-state index in [1.54, 1.807) is 30.1 Å². The van der Waals surface area contributed by atoms with E-state index in [-0.39, 0.29) is 18.3 Å². The Labute approximate surface area is 123 Å².